The maximum Gasteiger partial charge on any atom is 0.337 e. The minimum absolute atomic E-state index is 0.0277. The van der Waals surface area contributed by atoms with Gasteiger partial charge in [0.05, 0.1) is 25.5 Å². The Balaban J connectivity index is 1.75. The van der Waals surface area contributed by atoms with Gasteiger partial charge in [-0.3, -0.25) is 4.79 Å². The molecule has 1 amide bonds. The average molecular weight is 422 g/mol. The number of hydrogen-bond acceptors (Lipinski definition) is 6. The van der Waals surface area contributed by atoms with Crippen LogP contribution in [0.15, 0.2) is 36.4 Å². The molecular weight excluding hydrogens is 396 g/mol. The van der Waals surface area contributed by atoms with Crippen LogP contribution in [-0.2, 0) is 14.9 Å². The third-order valence-electron chi connectivity index (χ3n) is 5.55. The van der Waals surface area contributed by atoms with Crippen molar-refractivity contribution in [3.05, 3.63) is 47.8 Å². The minimum Gasteiger partial charge on any atom is -0.493 e. The van der Waals surface area contributed by atoms with E-state index in [2.05, 4.69) is 19.2 Å². The highest BCUT2D eigenvalue weighted by molar-refractivity contribution is 5.91. The summed E-state index contributed by atoms with van der Waals surface area (Å²) in [5.41, 5.74) is 1.97. The molecule has 31 heavy (non-hydrogen) atoms. The highest BCUT2D eigenvalue weighted by atomic mass is 16.5. The fraction of sp³-hybridized carbons (Fsp3) is 0.391. The Morgan fingerprint density at radius 1 is 1.13 bits per heavy atom. The maximum atomic E-state index is 12.9. The summed E-state index contributed by atoms with van der Waals surface area (Å²) in [7, 11) is 2.93. The summed E-state index contributed by atoms with van der Waals surface area (Å²) in [6, 6.07) is 10.8. The van der Waals surface area contributed by atoms with E-state index in [-0.39, 0.29) is 5.91 Å². The summed E-state index contributed by atoms with van der Waals surface area (Å²) < 4.78 is 12.0. The van der Waals surface area contributed by atoms with E-state index >= 15 is 0 Å². The number of aromatic nitrogens is 3. The molecule has 1 aliphatic carbocycles. The number of carbonyl (C=O) groups is 2. The fourth-order valence-corrected chi connectivity index (χ4v) is 3.56. The molecule has 2 aromatic heterocycles. The first-order chi connectivity index (χ1) is 14.9. The Labute approximate surface area is 180 Å². The van der Waals surface area contributed by atoms with E-state index in [1.54, 1.807) is 23.8 Å². The molecule has 0 radical (unpaired) electrons. The quantitative estimate of drug-likeness (QED) is 0.588. The molecule has 1 aromatic carbocycles. The van der Waals surface area contributed by atoms with Gasteiger partial charge in [0.2, 0.25) is 5.91 Å². The first kappa shape index (κ1) is 20.8. The highest BCUT2D eigenvalue weighted by Crippen LogP contribution is 2.47. The third-order valence-corrected chi connectivity index (χ3v) is 5.55. The summed E-state index contributed by atoms with van der Waals surface area (Å²) >= 11 is 0. The molecule has 1 aliphatic rings. The van der Waals surface area contributed by atoms with E-state index in [0.717, 1.165) is 24.1 Å². The van der Waals surface area contributed by atoms with Crippen molar-refractivity contribution in [1.29, 1.82) is 0 Å². The molecule has 1 N–H and O–H groups in total. The van der Waals surface area contributed by atoms with Crippen LogP contribution in [0, 0.1) is 5.92 Å². The van der Waals surface area contributed by atoms with Gasteiger partial charge in [-0.2, -0.15) is 0 Å². The Morgan fingerprint density at radius 2 is 1.84 bits per heavy atom. The second kappa shape index (κ2) is 8.02. The predicted molar refractivity (Wildman–Crippen MR) is 115 cm³/mol. The van der Waals surface area contributed by atoms with Crippen LogP contribution in [-0.4, -0.2) is 47.2 Å². The van der Waals surface area contributed by atoms with Gasteiger partial charge in [0.25, 0.3) is 0 Å². The highest BCUT2D eigenvalue weighted by Gasteiger charge is 2.54. The number of nitrogens with one attached hydrogen (secondary N) is 1. The first-order valence-electron chi connectivity index (χ1n) is 10.3. The van der Waals surface area contributed by atoms with Gasteiger partial charge < -0.3 is 14.8 Å². The molecule has 0 unspecified atom stereocenters. The molecule has 8 heteroatoms. The number of methoxy groups -OCH3 is 2. The molecule has 8 nitrogen and oxygen atoms in total. The number of benzene rings is 1. The number of hydrogen-bond donors (Lipinski definition) is 1. The van der Waals surface area contributed by atoms with Crippen molar-refractivity contribution in [3.8, 4) is 17.0 Å². The number of carbonyl (C=O) groups excluding carboxylic acids is 2. The van der Waals surface area contributed by atoms with Crippen molar-refractivity contribution in [2.45, 2.75) is 32.1 Å². The Hall–Kier alpha value is -3.42. The SMILES string of the molecule is COC(=O)c1ccc(-c2ccc(OC)c3nc(C4(C(=O)NCC(C)C)CC4)nn23)cc1. The smallest absolute Gasteiger partial charge is 0.337 e. The van der Waals surface area contributed by atoms with Crippen LogP contribution >= 0.6 is 0 Å². The van der Waals surface area contributed by atoms with Crippen LogP contribution in [0.4, 0.5) is 0 Å². The molecule has 0 saturated heterocycles. The maximum absolute atomic E-state index is 12.9. The standard InChI is InChI=1S/C23H26N4O4/c1-14(2)13-24-22(29)23(11-12-23)21-25-19-18(30-3)10-9-17(27(19)26-21)15-5-7-16(8-6-15)20(28)31-4/h5-10,14H,11-13H2,1-4H3,(H,24,29). The van der Waals surface area contributed by atoms with Crippen LogP contribution in [0.5, 0.6) is 5.75 Å². The van der Waals surface area contributed by atoms with Gasteiger partial charge in [0.1, 0.15) is 5.41 Å². The van der Waals surface area contributed by atoms with Crippen molar-refractivity contribution in [3.63, 3.8) is 0 Å². The van der Waals surface area contributed by atoms with Crippen LogP contribution in [0.3, 0.4) is 0 Å². The van der Waals surface area contributed by atoms with E-state index in [1.807, 2.05) is 24.3 Å². The number of nitrogens with zero attached hydrogens (tertiary/aromatic N) is 3. The summed E-state index contributed by atoms with van der Waals surface area (Å²) in [4.78, 5) is 29.3. The second-order valence-corrected chi connectivity index (χ2v) is 8.21. The van der Waals surface area contributed by atoms with Crippen LogP contribution in [0.1, 0.15) is 42.9 Å². The number of pyridine rings is 1. The van der Waals surface area contributed by atoms with Crippen molar-refractivity contribution >= 4 is 17.5 Å². The van der Waals surface area contributed by atoms with E-state index in [4.69, 9.17) is 19.6 Å². The van der Waals surface area contributed by atoms with E-state index in [9.17, 15) is 9.59 Å². The van der Waals surface area contributed by atoms with Gasteiger partial charge in [-0.15, -0.1) is 5.10 Å². The van der Waals surface area contributed by atoms with Crippen LogP contribution in [0.25, 0.3) is 16.9 Å². The number of esters is 1. The normalized spacial score (nSPS) is 14.5. The zero-order chi connectivity index (χ0) is 22.2. The molecular formula is C23H26N4O4. The summed E-state index contributed by atoms with van der Waals surface area (Å²) in [5, 5.41) is 7.75. The fourth-order valence-electron chi connectivity index (χ4n) is 3.56. The zero-order valence-corrected chi connectivity index (χ0v) is 18.1. The van der Waals surface area contributed by atoms with Gasteiger partial charge in [0, 0.05) is 12.1 Å². The van der Waals surface area contributed by atoms with Crippen molar-refractivity contribution < 1.29 is 19.1 Å². The van der Waals surface area contributed by atoms with Gasteiger partial charge >= 0.3 is 5.97 Å². The third kappa shape index (κ3) is 3.73. The lowest BCUT2D eigenvalue weighted by Crippen LogP contribution is -2.37. The van der Waals surface area contributed by atoms with Crippen molar-refractivity contribution in [1.82, 2.24) is 19.9 Å². The molecule has 3 aromatic rings. The summed E-state index contributed by atoms with van der Waals surface area (Å²) in [5.74, 6) is 1.03. The van der Waals surface area contributed by atoms with Crippen molar-refractivity contribution in [2.75, 3.05) is 20.8 Å². The van der Waals surface area contributed by atoms with Gasteiger partial charge in [-0.25, -0.2) is 14.3 Å². The lowest BCUT2D eigenvalue weighted by molar-refractivity contribution is -0.123. The monoisotopic (exact) mass is 422 g/mol. The number of rotatable bonds is 7. The van der Waals surface area contributed by atoms with Crippen LogP contribution in [0.2, 0.25) is 0 Å². The zero-order valence-electron chi connectivity index (χ0n) is 18.1. The largest absolute Gasteiger partial charge is 0.493 e. The Morgan fingerprint density at radius 3 is 2.42 bits per heavy atom. The summed E-state index contributed by atoms with van der Waals surface area (Å²) in [6.45, 7) is 4.74. The molecule has 2 heterocycles. The Bertz CT molecular complexity index is 1130. The van der Waals surface area contributed by atoms with Crippen molar-refractivity contribution in [2.24, 2.45) is 5.92 Å². The first-order valence-corrected chi connectivity index (χ1v) is 10.3. The minimum atomic E-state index is -0.683. The average Bonchev–Trinajstić information content (AvgIpc) is 3.48. The predicted octanol–water partition coefficient (Wildman–Crippen LogP) is 3.00. The molecule has 0 spiro atoms. The van der Waals surface area contributed by atoms with E-state index < -0.39 is 11.4 Å². The lowest BCUT2D eigenvalue weighted by Gasteiger charge is -2.13. The molecule has 1 fully saturated rings. The number of fused-ring (bicyclic) bond motifs is 1. The topological polar surface area (TPSA) is 94.8 Å². The molecule has 4 rings (SSSR count). The molecule has 162 valence electrons. The van der Waals surface area contributed by atoms with Gasteiger partial charge in [-0.1, -0.05) is 26.0 Å². The molecule has 0 atom stereocenters. The van der Waals surface area contributed by atoms with E-state index in [0.29, 0.717) is 35.2 Å². The lowest BCUT2D eigenvalue weighted by atomic mass is 10.1. The second-order valence-electron chi connectivity index (χ2n) is 8.21. The molecule has 0 bridgehead atoms. The molecule has 0 aliphatic heterocycles. The van der Waals surface area contributed by atoms with Gasteiger partial charge in [-0.05, 0) is 43.0 Å². The number of ether oxygens (including phenoxy) is 2. The van der Waals surface area contributed by atoms with E-state index in [1.165, 1.54) is 7.11 Å². The van der Waals surface area contributed by atoms with Gasteiger partial charge in [0.15, 0.2) is 17.2 Å². The number of amides is 1. The molecule has 1 saturated carbocycles. The van der Waals surface area contributed by atoms with Crippen LogP contribution < -0.4 is 10.1 Å². The summed E-state index contributed by atoms with van der Waals surface area (Å²) in [6.07, 6.45) is 1.44. The Kier molecular flexibility index (Phi) is 5.39.